The zero-order valence-electron chi connectivity index (χ0n) is 16.9. The average Bonchev–Trinajstić information content (AvgIpc) is 3.12. The van der Waals surface area contributed by atoms with Crippen LogP contribution in [0.25, 0.3) is 16.9 Å². The molecule has 0 amide bonds. The van der Waals surface area contributed by atoms with Crippen LogP contribution in [0.15, 0.2) is 42.6 Å². The Hall–Kier alpha value is -2.45. The van der Waals surface area contributed by atoms with Gasteiger partial charge in [0.15, 0.2) is 9.84 Å². The number of para-hydroxylation sites is 1. The highest BCUT2D eigenvalue weighted by Crippen LogP contribution is 2.24. The molecular formula is C21H26N4O3S. The van der Waals surface area contributed by atoms with Crippen LogP contribution in [0.4, 0.5) is 5.82 Å². The molecule has 7 nitrogen and oxygen atoms in total. The Kier molecular flexibility index (Phi) is 5.31. The van der Waals surface area contributed by atoms with Gasteiger partial charge in [0.1, 0.15) is 5.82 Å². The number of nitrogens with zero attached hydrogens (tertiary/aromatic N) is 4. The summed E-state index contributed by atoms with van der Waals surface area (Å²) in [7, 11) is -3.28. The van der Waals surface area contributed by atoms with Crippen LogP contribution in [0.5, 0.6) is 0 Å². The first-order valence-corrected chi connectivity index (χ1v) is 11.6. The molecule has 0 spiro atoms. The third kappa shape index (κ3) is 4.00. The minimum Gasteiger partial charge on any atom is -0.377 e. The van der Waals surface area contributed by atoms with Gasteiger partial charge >= 0.3 is 0 Å². The van der Waals surface area contributed by atoms with Crippen molar-refractivity contribution in [2.75, 3.05) is 24.7 Å². The van der Waals surface area contributed by atoms with E-state index in [0.29, 0.717) is 31.4 Å². The van der Waals surface area contributed by atoms with Crippen LogP contribution >= 0.6 is 0 Å². The molecule has 0 bridgehead atoms. The van der Waals surface area contributed by atoms with Crippen LogP contribution in [0.2, 0.25) is 0 Å². The average molecular weight is 415 g/mol. The van der Waals surface area contributed by atoms with Gasteiger partial charge in [-0.25, -0.2) is 13.4 Å². The Balaban J connectivity index is 1.84. The second-order valence-electron chi connectivity index (χ2n) is 7.74. The van der Waals surface area contributed by atoms with Gasteiger partial charge < -0.3 is 9.64 Å². The molecule has 1 saturated heterocycles. The molecule has 1 atom stereocenters. The van der Waals surface area contributed by atoms with Crippen molar-refractivity contribution in [3.8, 4) is 5.95 Å². The summed E-state index contributed by atoms with van der Waals surface area (Å²) >= 11 is 0. The Morgan fingerprint density at radius 2 is 2.00 bits per heavy atom. The van der Waals surface area contributed by atoms with Crippen LogP contribution in [-0.2, 0) is 20.3 Å². The quantitative estimate of drug-likeness (QED) is 0.639. The van der Waals surface area contributed by atoms with E-state index in [2.05, 4.69) is 16.8 Å². The summed E-state index contributed by atoms with van der Waals surface area (Å²) in [6, 6.07) is 12.0. The molecule has 8 heteroatoms. The Bertz CT molecular complexity index is 1120. The van der Waals surface area contributed by atoms with E-state index in [1.54, 1.807) is 19.9 Å². The number of benzene rings is 1. The summed E-state index contributed by atoms with van der Waals surface area (Å²) in [5, 5.41) is 0.622. The molecule has 0 aliphatic carbocycles. The summed E-state index contributed by atoms with van der Waals surface area (Å²) in [5.41, 5.74) is 1.49. The number of ether oxygens (including phenoxy) is 1. The van der Waals surface area contributed by atoms with Crippen LogP contribution < -0.4 is 4.90 Å². The van der Waals surface area contributed by atoms with E-state index in [9.17, 15) is 8.42 Å². The fourth-order valence-electron chi connectivity index (χ4n) is 3.50. The molecule has 0 N–H and O–H groups in total. The van der Waals surface area contributed by atoms with E-state index in [1.807, 2.05) is 41.1 Å². The lowest BCUT2D eigenvalue weighted by atomic mass is 10.2. The van der Waals surface area contributed by atoms with Gasteiger partial charge in [0.25, 0.3) is 0 Å². The second kappa shape index (κ2) is 7.76. The maximum atomic E-state index is 12.6. The smallest absolute Gasteiger partial charge is 0.236 e. The molecule has 0 unspecified atom stereocenters. The molecule has 2 aromatic heterocycles. The van der Waals surface area contributed by atoms with Gasteiger partial charge in [-0.1, -0.05) is 18.2 Å². The zero-order chi connectivity index (χ0) is 20.6. The Morgan fingerprint density at radius 1 is 1.21 bits per heavy atom. The molecule has 1 aromatic carbocycles. The maximum absolute atomic E-state index is 12.6. The summed E-state index contributed by atoms with van der Waals surface area (Å²) < 4.78 is 32.6. The number of rotatable bonds is 5. The largest absolute Gasteiger partial charge is 0.377 e. The number of hydrogen-bond donors (Lipinski definition) is 0. The van der Waals surface area contributed by atoms with Crippen molar-refractivity contribution in [3.05, 3.63) is 48.3 Å². The summed E-state index contributed by atoms with van der Waals surface area (Å²) in [6.07, 6.45) is 1.92. The molecule has 3 aromatic rings. The van der Waals surface area contributed by atoms with Crippen molar-refractivity contribution < 1.29 is 13.2 Å². The topological polar surface area (TPSA) is 77.3 Å². The van der Waals surface area contributed by atoms with Gasteiger partial charge in [0, 0.05) is 24.2 Å². The van der Waals surface area contributed by atoms with Crippen molar-refractivity contribution in [1.29, 1.82) is 0 Å². The maximum Gasteiger partial charge on any atom is 0.236 e. The molecule has 1 aliphatic heterocycles. The van der Waals surface area contributed by atoms with Gasteiger partial charge in [-0.05, 0) is 32.9 Å². The van der Waals surface area contributed by atoms with Crippen molar-refractivity contribution in [1.82, 2.24) is 14.5 Å². The van der Waals surface area contributed by atoms with Crippen LogP contribution in [0.3, 0.4) is 0 Å². The number of fused-ring (bicyclic) bond motifs is 1. The number of anilines is 1. The number of morpholine rings is 1. The zero-order valence-corrected chi connectivity index (χ0v) is 17.8. The molecule has 1 fully saturated rings. The van der Waals surface area contributed by atoms with Crippen molar-refractivity contribution in [2.24, 2.45) is 0 Å². The molecule has 1 aliphatic rings. The van der Waals surface area contributed by atoms with E-state index in [0.717, 1.165) is 16.7 Å². The fourth-order valence-corrected chi connectivity index (χ4v) is 4.39. The lowest BCUT2D eigenvalue weighted by Gasteiger charge is -2.34. The van der Waals surface area contributed by atoms with Crippen LogP contribution in [0.1, 0.15) is 26.5 Å². The second-order valence-corrected chi connectivity index (χ2v) is 10.3. The number of sulfone groups is 1. The minimum atomic E-state index is -3.28. The molecule has 154 valence electrons. The lowest BCUT2D eigenvalue weighted by Crippen LogP contribution is -2.44. The Morgan fingerprint density at radius 3 is 2.76 bits per heavy atom. The fraction of sp³-hybridized carbons (Fsp3) is 0.429. The molecule has 29 heavy (non-hydrogen) atoms. The van der Waals surface area contributed by atoms with E-state index < -0.39 is 15.1 Å². The van der Waals surface area contributed by atoms with E-state index >= 15 is 0 Å². The van der Waals surface area contributed by atoms with Crippen LogP contribution in [-0.4, -0.2) is 54.0 Å². The molecular weight excluding hydrogens is 388 g/mol. The van der Waals surface area contributed by atoms with Gasteiger partial charge in [-0.2, -0.15) is 4.98 Å². The van der Waals surface area contributed by atoms with Gasteiger partial charge in [0.05, 0.1) is 41.5 Å². The van der Waals surface area contributed by atoms with E-state index in [4.69, 9.17) is 9.72 Å². The van der Waals surface area contributed by atoms with Crippen molar-refractivity contribution >= 4 is 26.6 Å². The minimum absolute atomic E-state index is 0.106. The highest BCUT2D eigenvalue weighted by molar-refractivity contribution is 7.91. The third-order valence-corrected chi connectivity index (χ3v) is 7.43. The highest BCUT2D eigenvalue weighted by atomic mass is 32.2. The standard InChI is InChI=1S/C21H26N4O3S/c1-15(2)29(26,27)14-18-12-20(24-10-11-28-13-16(24)3)23-21(22-18)25-9-8-17-6-4-5-7-19(17)25/h4-9,12,15-16H,10-11,13-14H2,1-3H3/t16-/m1/s1. The Labute approximate surface area is 171 Å². The van der Waals surface area contributed by atoms with E-state index in [-0.39, 0.29) is 11.8 Å². The van der Waals surface area contributed by atoms with Gasteiger partial charge in [-0.3, -0.25) is 4.57 Å². The predicted octanol–water partition coefficient (Wildman–Crippen LogP) is 2.97. The van der Waals surface area contributed by atoms with Crippen molar-refractivity contribution in [3.63, 3.8) is 0 Å². The summed E-state index contributed by atoms with van der Waals surface area (Å²) in [5.74, 6) is 1.11. The van der Waals surface area contributed by atoms with Crippen LogP contribution in [0, 0.1) is 0 Å². The predicted molar refractivity (Wildman–Crippen MR) is 114 cm³/mol. The molecule has 3 heterocycles. The summed E-state index contributed by atoms with van der Waals surface area (Å²) in [4.78, 5) is 11.6. The first-order chi connectivity index (χ1) is 13.8. The normalized spacial score (nSPS) is 17.9. The molecule has 4 rings (SSSR count). The first-order valence-electron chi connectivity index (χ1n) is 9.85. The highest BCUT2D eigenvalue weighted by Gasteiger charge is 2.24. The molecule has 0 saturated carbocycles. The number of aromatic nitrogens is 3. The monoisotopic (exact) mass is 414 g/mol. The van der Waals surface area contributed by atoms with E-state index in [1.165, 1.54) is 0 Å². The number of hydrogen-bond acceptors (Lipinski definition) is 6. The lowest BCUT2D eigenvalue weighted by molar-refractivity contribution is 0.0985. The third-order valence-electron chi connectivity index (χ3n) is 5.30. The summed E-state index contributed by atoms with van der Waals surface area (Å²) in [6.45, 7) is 7.42. The van der Waals surface area contributed by atoms with Crippen molar-refractivity contribution in [2.45, 2.75) is 37.8 Å². The molecule has 0 radical (unpaired) electrons. The SMILES string of the molecule is CC(C)S(=O)(=O)Cc1cc(N2CCOC[C@H]2C)nc(-n2ccc3ccccc32)n1. The van der Waals surface area contributed by atoms with Gasteiger partial charge in [-0.15, -0.1) is 0 Å². The first kappa shape index (κ1) is 19.8. The van der Waals surface area contributed by atoms with Gasteiger partial charge in [0.2, 0.25) is 5.95 Å².